The van der Waals surface area contributed by atoms with Crippen molar-refractivity contribution in [3.05, 3.63) is 47.0 Å². The van der Waals surface area contributed by atoms with Gasteiger partial charge in [-0.05, 0) is 18.6 Å². The molecule has 1 amide bonds. The Hall–Kier alpha value is -2.01. The summed E-state index contributed by atoms with van der Waals surface area (Å²) in [5, 5.41) is 10.5. The Kier molecular flexibility index (Phi) is 3.62. The summed E-state index contributed by atoms with van der Waals surface area (Å²) in [5.74, 6) is -0.205. The third kappa shape index (κ3) is 3.49. The quantitative estimate of drug-likeness (QED) is 0.845. The first kappa shape index (κ1) is 11.5. The predicted octanol–water partition coefficient (Wildman–Crippen LogP) is 2.50. The molecule has 0 spiro atoms. The number of carbonyl (C=O) groups excluding carboxylic acids is 1. The Labute approximate surface area is 103 Å². The van der Waals surface area contributed by atoms with Gasteiger partial charge >= 0.3 is 0 Å². The molecule has 86 valence electrons. The van der Waals surface area contributed by atoms with Crippen LogP contribution >= 0.6 is 11.3 Å². The highest BCUT2D eigenvalue weighted by atomic mass is 32.1. The number of hydrogen-bond donors (Lipinski definition) is 1. The van der Waals surface area contributed by atoms with Crippen LogP contribution in [-0.4, -0.2) is 16.1 Å². The third-order valence-electron chi connectivity index (χ3n) is 2.06. The van der Waals surface area contributed by atoms with E-state index < -0.39 is 0 Å². The van der Waals surface area contributed by atoms with Crippen LogP contribution in [-0.2, 0) is 4.79 Å². The fourth-order valence-corrected chi connectivity index (χ4v) is 1.77. The number of anilines is 1. The van der Waals surface area contributed by atoms with Crippen molar-refractivity contribution in [1.82, 2.24) is 10.2 Å². The zero-order chi connectivity index (χ0) is 12.1. The molecular weight excluding hydrogens is 234 g/mol. The molecule has 0 atom stereocenters. The van der Waals surface area contributed by atoms with Crippen molar-refractivity contribution in [3.8, 4) is 0 Å². The topological polar surface area (TPSA) is 54.9 Å². The number of nitrogens with zero attached hydrogens (tertiary/aromatic N) is 2. The summed E-state index contributed by atoms with van der Waals surface area (Å²) in [7, 11) is 0. The van der Waals surface area contributed by atoms with Gasteiger partial charge in [0.2, 0.25) is 11.0 Å². The Morgan fingerprint density at radius 3 is 3.06 bits per heavy atom. The molecule has 4 nitrogen and oxygen atoms in total. The van der Waals surface area contributed by atoms with Crippen LogP contribution in [0.1, 0.15) is 11.1 Å². The lowest BCUT2D eigenvalue weighted by molar-refractivity contribution is -0.111. The van der Waals surface area contributed by atoms with E-state index in [-0.39, 0.29) is 5.91 Å². The highest BCUT2D eigenvalue weighted by molar-refractivity contribution is 7.13. The molecule has 1 aromatic carbocycles. The van der Waals surface area contributed by atoms with Gasteiger partial charge in [0.1, 0.15) is 5.51 Å². The maximum Gasteiger partial charge on any atom is 0.250 e. The Bertz CT molecular complexity index is 534. The number of amides is 1. The van der Waals surface area contributed by atoms with Crippen LogP contribution in [0.25, 0.3) is 6.08 Å². The molecule has 0 aliphatic carbocycles. The van der Waals surface area contributed by atoms with Gasteiger partial charge in [-0.1, -0.05) is 41.2 Å². The first-order valence-electron chi connectivity index (χ1n) is 5.06. The van der Waals surface area contributed by atoms with Gasteiger partial charge in [-0.2, -0.15) is 0 Å². The van der Waals surface area contributed by atoms with E-state index in [0.29, 0.717) is 5.13 Å². The van der Waals surface area contributed by atoms with Crippen LogP contribution in [0.15, 0.2) is 35.9 Å². The van der Waals surface area contributed by atoms with Crippen LogP contribution < -0.4 is 5.32 Å². The Morgan fingerprint density at radius 1 is 1.47 bits per heavy atom. The lowest BCUT2D eigenvalue weighted by Gasteiger charge is -1.96. The molecule has 2 rings (SSSR count). The van der Waals surface area contributed by atoms with Crippen molar-refractivity contribution >= 4 is 28.5 Å². The van der Waals surface area contributed by atoms with E-state index in [1.807, 2.05) is 31.2 Å². The molecular formula is C12H11N3OS. The second-order valence-corrected chi connectivity index (χ2v) is 4.31. The molecule has 0 aliphatic heterocycles. The van der Waals surface area contributed by atoms with Crippen molar-refractivity contribution in [2.45, 2.75) is 6.92 Å². The molecule has 2 aromatic rings. The SMILES string of the molecule is Cc1cccc(/C=C/C(=O)Nc2nncs2)c1. The summed E-state index contributed by atoms with van der Waals surface area (Å²) < 4.78 is 0. The Balaban J connectivity index is 1.99. The first-order valence-corrected chi connectivity index (χ1v) is 5.94. The summed E-state index contributed by atoms with van der Waals surface area (Å²) in [6, 6.07) is 7.92. The molecule has 0 saturated carbocycles. The summed E-state index contributed by atoms with van der Waals surface area (Å²) in [6.07, 6.45) is 3.25. The fraction of sp³-hybridized carbons (Fsp3) is 0.0833. The molecule has 0 radical (unpaired) electrons. The summed E-state index contributed by atoms with van der Waals surface area (Å²) in [5.41, 5.74) is 3.73. The zero-order valence-electron chi connectivity index (χ0n) is 9.25. The average molecular weight is 245 g/mol. The lowest BCUT2D eigenvalue weighted by atomic mass is 10.1. The molecule has 17 heavy (non-hydrogen) atoms. The van der Waals surface area contributed by atoms with Crippen molar-refractivity contribution in [2.75, 3.05) is 5.32 Å². The molecule has 1 N–H and O–H groups in total. The van der Waals surface area contributed by atoms with E-state index >= 15 is 0 Å². The normalized spacial score (nSPS) is 10.6. The Morgan fingerprint density at radius 2 is 2.35 bits per heavy atom. The number of aryl methyl sites for hydroxylation is 1. The van der Waals surface area contributed by atoms with Crippen LogP contribution in [0, 0.1) is 6.92 Å². The molecule has 0 bridgehead atoms. The van der Waals surface area contributed by atoms with Gasteiger partial charge in [0, 0.05) is 6.08 Å². The molecule has 1 heterocycles. The highest BCUT2D eigenvalue weighted by Crippen LogP contribution is 2.09. The van der Waals surface area contributed by atoms with E-state index in [0.717, 1.165) is 11.1 Å². The number of benzene rings is 1. The molecule has 0 saturated heterocycles. The fourth-order valence-electron chi connectivity index (χ4n) is 1.32. The second-order valence-electron chi connectivity index (χ2n) is 3.48. The maximum atomic E-state index is 11.5. The predicted molar refractivity (Wildman–Crippen MR) is 68.8 cm³/mol. The summed E-state index contributed by atoms with van der Waals surface area (Å²) >= 11 is 1.29. The van der Waals surface area contributed by atoms with Gasteiger partial charge in [-0.15, -0.1) is 10.2 Å². The minimum atomic E-state index is -0.205. The van der Waals surface area contributed by atoms with Crippen molar-refractivity contribution in [2.24, 2.45) is 0 Å². The number of nitrogens with one attached hydrogen (secondary N) is 1. The van der Waals surface area contributed by atoms with E-state index in [1.165, 1.54) is 17.4 Å². The highest BCUT2D eigenvalue weighted by Gasteiger charge is 1.99. The van der Waals surface area contributed by atoms with E-state index in [2.05, 4.69) is 15.5 Å². The number of aromatic nitrogens is 2. The van der Waals surface area contributed by atoms with Gasteiger partial charge in [0.15, 0.2) is 0 Å². The number of rotatable bonds is 3. The van der Waals surface area contributed by atoms with Crippen molar-refractivity contribution in [1.29, 1.82) is 0 Å². The van der Waals surface area contributed by atoms with Crippen LogP contribution in [0.5, 0.6) is 0 Å². The lowest BCUT2D eigenvalue weighted by Crippen LogP contribution is -2.07. The van der Waals surface area contributed by atoms with Gasteiger partial charge < -0.3 is 0 Å². The number of carbonyl (C=O) groups is 1. The standard InChI is InChI=1S/C12H11N3OS/c1-9-3-2-4-10(7-9)5-6-11(16)14-12-15-13-8-17-12/h2-8H,1H3,(H,14,15,16)/b6-5+. The first-order chi connectivity index (χ1) is 8.24. The summed E-state index contributed by atoms with van der Waals surface area (Å²) in [6.45, 7) is 2.01. The van der Waals surface area contributed by atoms with Gasteiger partial charge in [-0.3, -0.25) is 10.1 Å². The monoisotopic (exact) mass is 245 g/mol. The molecule has 0 aliphatic rings. The van der Waals surface area contributed by atoms with E-state index in [1.54, 1.807) is 11.6 Å². The molecule has 1 aromatic heterocycles. The van der Waals surface area contributed by atoms with Crippen LogP contribution in [0.3, 0.4) is 0 Å². The van der Waals surface area contributed by atoms with Crippen molar-refractivity contribution < 1.29 is 4.79 Å². The minimum absolute atomic E-state index is 0.205. The van der Waals surface area contributed by atoms with E-state index in [9.17, 15) is 4.79 Å². The average Bonchev–Trinajstić information content (AvgIpc) is 2.79. The second kappa shape index (κ2) is 5.36. The van der Waals surface area contributed by atoms with Crippen LogP contribution in [0.2, 0.25) is 0 Å². The van der Waals surface area contributed by atoms with Gasteiger partial charge in [0.25, 0.3) is 0 Å². The largest absolute Gasteiger partial charge is 0.297 e. The summed E-state index contributed by atoms with van der Waals surface area (Å²) in [4.78, 5) is 11.5. The smallest absolute Gasteiger partial charge is 0.250 e. The van der Waals surface area contributed by atoms with E-state index in [4.69, 9.17) is 0 Å². The van der Waals surface area contributed by atoms with Gasteiger partial charge in [-0.25, -0.2) is 0 Å². The maximum absolute atomic E-state index is 11.5. The number of hydrogen-bond acceptors (Lipinski definition) is 4. The molecule has 0 unspecified atom stereocenters. The molecule has 5 heteroatoms. The van der Waals surface area contributed by atoms with Crippen LogP contribution in [0.4, 0.5) is 5.13 Å². The third-order valence-corrected chi connectivity index (χ3v) is 2.67. The molecule has 0 fully saturated rings. The van der Waals surface area contributed by atoms with Crippen molar-refractivity contribution in [3.63, 3.8) is 0 Å². The zero-order valence-corrected chi connectivity index (χ0v) is 10.1. The van der Waals surface area contributed by atoms with Gasteiger partial charge in [0.05, 0.1) is 0 Å². The minimum Gasteiger partial charge on any atom is -0.297 e.